The van der Waals surface area contributed by atoms with Gasteiger partial charge in [-0.05, 0) is 45.3 Å². The Kier molecular flexibility index (Phi) is 4.62. The van der Waals surface area contributed by atoms with E-state index in [9.17, 15) is 0 Å². The average Bonchev–Trinajstić information content (AvgIpc) is 2.92. The van der Waals surface area contributed by atoms with Gasteiger partial charge in [-0.1, -0.05) is 18.2 Å². The molecule has 0 spiro atoms. The number of rotatable bonds is 5. The van der Waals surface area contributed by atoms with Crippen molar-refractivity contribution in [3.63, 3.8) is 0 Å². The van der Waals surface area contributed by atoms with E-state index in [0.29, 0.717) is 0 Å². The first-order chi connectivity index (χ1) is 11.6. The van der Waals surface area contributed by atoms with E-state index >= 15 is 0 Å². The van der Waals surface area contributed by atoms with Crippen LogP contribution in [0, 0.1) is 6.92 Å². The van der Waals surface area contributed by atoms with Gasteiger partial charge >= 0.3 is 0 Å². The van der Waals surface area contributed by atoms with E-state index in [0.717, 1.165) is 40.6 Å². The van der Waals surface area contributed by atoms with Gasteiger partial charge in [0, 0.05) is 30.9 Å². The fourth-order valence-corrected chi connectivity index (χ4v) is 2.80. The quantitative estimate of drug-likeness (QED) is 0.783. The van der Waals surface area contributed by atoms with Gasteiger partial charge in [-0.25, -0.2) is 4.68 Å². The van der Waals surface area contributed by atoms with Gasteiger partial charge in [0.25, 0.3) is 0 Å². The van der Waals surface area contributed by atoms with Crippen molar-refractivity contribution >= 4 is 5.82 Å². The molecule has 0 aliphatic rings. The highest BCUT2D eigenvalue weighted by Gasteiger charge is 2.16. The molecule has 0 aliphatic heterocycles. The lowest BCUT2D eigenvalue weighted by Crippen LogP contribution is -2.11. The third kappa shape index (κ3) is 3.16. The summed E-state index contributed by atoms with van der Waals surface area (Å²) in [5.41, 5.74) is 5.18. The van der Waals surface area contributed by atoms with Gasteiger partial charge in [0.1, 0.15) is 5.82 Å². The first kappa shape index (κ1) is 16.2. The van der Waals surface area contributed by atoms with Crippen molar-refractivity contribution < 1.29 is 0 Å². The number of nitrogens with zero attached hydrogens (tertiary/aromatic N) is 4. The van der Waals surface area contributed by atoms with Crippen LogP contribution in [0.1, 0.15) is 11.3 Å². The second-order valence-electron chi connectivity index (χ2n) is 6.10. The molecule has 0 bridgehead atoms. The monoisotopic (exact) mass is 321 g/mol. The molecular weight excluding hydrogens is 298 g/mol. The molecule has 0 aliphatic carbocycles. The Morgan fingerprint density at radius 2 is 1.83 bits per heavy atom. The molecule has 5 heteroatoms. The van der Waals surface area contributed by atoms with Crippen LogP contribution < -0.4 is 5.32 Å². The number of benzene rings is 1. The molecule has 124 valence electrons. The van der Waals surface area contributed by atoms with Crippen molar-refractivity contribution in [1.29, 1.82) is 0 Å². The molecule has 0 saturated carbocycles. The molecule has 0 radical (unpaired) electrons. The Labute approximate surface area is 143 Å². The smallest absolute Gasteiger partial charge is 0.133 e. The minimum atomic E-state index is 0.833. The van der Waals surface area contributed by atoms with Crippen LogP contribution in [0.25, 0.3) is 16.9 Å². The normalized spacial score (nSPS) is 11.0. The zero-order valence-corrected chi connectivity index (χ0v) is 14.6. The van der Waals surface area contributed by atoms with Crippen LogP contribution in [0.4, 0.5) is 5.82 Å². The molecule has 3 aromatic rings. The Bertz CT molecular complexity index is 804. The summed E-state index contributed by atoms with van der Waals surface area (Å²) >= 11 is 0. The van der Waals surface area contributed by atoms with E-state index in [1.54, 1.807) is 0 Å². The molecule has 2 heterocycles. The second kappa shape index (κ2) is 6.84. The number of nitrogens with one attached hydrogen (secondary N) is 1. The number of aromatic nitrogens is 3. The predicted octanol–water partition coefficient (Wildman–Crippen LogP) is 3.35. The molecule has 2 aromatic heterocycles. The molecule has 3 rings (SSSR count). The van der Waals surface area contributed by atoms with Gasteiger partial charge < -0.3 is 10.2 Å². The Balaban J connectivity index is 2.01. The summed E-state index contributed by atoms with van der Waals surface area (Å²) in [6.07, 6.45) is 1.91. The molecule has 1 N–H and O–H groups in total. The van der Waals surface area contributed by atoms with Crippen molar-refractivity contribution in [2.24, 2.45) is 0 Å². The van der Waals surface area contributed by atoms with Crippen LogP contribution in [-0.4, -0.2) is 40.8 Å². The predicted molar refractivity (Wildman–Crippen MR) is 98.5 cm³/mol. The molecule has 0 saturated heterocycles. The van der Waals surface area contributed by atoms with E-state index in [1.807, 2.05) is 50.2 Å². The highest BCUT2D eigenvalue weighted by Crippen LogP contribution is 2.29. The van der Waals surface area contributed by atoms with Gasteiger partial charge in [0.05, 0.1) is 17.1 Å². The zero-order valence-electron chi connectivity index (χ0n) is 14.6. The molecule has 0 atom stereocenters. The van der Waals surface area contributed by atoms with Crippen LogP contribution >= 0.6 is 0 Å². The minimum Gasteiger partial charge on any atom is -0.373 e. The maximum Gasteiger partial charge on any atom is 0.133 e. The SMILES string of the molecule is CNc1c(C)c(-c2ccc(CN(C)C)nc2)nn1-c1ccccc1. The second-order valence-corrected chi connectivity index (χ2v) is 6.10. The van der Waals surface area contributed by atoms with Gasteiger partial charge in [-0.15, -0.1) is 0 Å². The van der Waals surface area contributed by atoms with E-state index in [1.165, 1.54) is 0 Å². The molecule has 24 heavy (non-hydrogen) atoms. The first-order valence-corrected chi connectivity index (χ1v) is 8.03. The van der Waals surface area contributed by atoms with Crippen LogP contribution in [0.15, 0.2) is 48.7 Å². The lowest BCUT2D eigenvalue weighted by molar-refractivity contribution is 0.397. The fraction of sp³-hybridized carbons (Fsp3) is 0.263. The summed E-state index contributed by atoms with van der Waals surface area (Å²) in [7, 11) is 6.01. The third-order valence-corrected chi connectivity index (χ3v) is 3.94. The van der Waals surface area contributed by atoms with Gasteiger partial charge in [-0.3, -0.25) is 4.98 Å². The summed E-state index contributed by atoms with van der Waals surface area (Å²) in [5.74, 6) is 0.994. The molecule has 0 amide bonds. The Hall–Kier alpha value is -2.66. The number of pyridine rings is 1. The topological polar surface area (TPSA) is 46.0 Å². The van der Waals surface area contributed by atoms with Crippen molar-refractivity contribution in [2.75, 3.05) is 26.5 Å². The van der Waals surface area contributed by atoms with E-state index < -0.39 is 0 Å². The number of para-hydroxylation sites is 1. The first-order valence-electron chi connectivity index (χ1n) is 8.03. The van der Waals surface area contributed by atoms with Crippen LogP contribution in [0.3, 0.4) is 0 Å². The van der Waals surface area contributed by atoms with Crippen molar-refractivity contribution in [1.82, 2.24) is 19.7 Å². The summed E-state index contributed by atoms with van der Waals surface area (Å²) < 4.78 is 1.94. The fourth-order valence-electron chi connectivity index (χ4n) is 2.80. The van der Waals surface area contributed by atoms with Gasteiger partial charge in [0.15, 0.2) is 0 Å². The zero-order chi connectivity index (χ0) is 17.1. The van der Waals surface area contributed by atoms with Gasteiger partial charge in [-0.2, -0.15) is 5.10 Å². The number of hydrogen-bond donors (Lipinski definition) is 1. The van der Waals surface area contributed by atoms with Crippen molar-refractivity contribution in [2.45, 2.75) is 13.5 Å². The third-order valence-electron chi connectivity index (χ3n) is 3.94. The summed E-state index contributed by atoms with van der Waals surface area (Å²) in [6, 6.07) is 14.3. The lowest BCUT2D eigenvalue weighted by Gasteiger charge is -2.08. The lowest BCUT2D eigenvalue weighted by atomic mass is 10.1. The molecule has 5 nitrogen and oxygen atoms in total. The van der Waals surface area contributed by atoms with E-state index in [2.05, 4.69) is 46.4 Å². The number of hydrogen-bond acceptors (Lipinski definition) is 4. The highest BCUT2D eigenvalue weighted by molar-refractivity contribution is 5.69. The molecule has 1 aromatic carbocycles. The van der Waals surface area contributed by atoms with Crippen molar-refractivity contribution in [3.05, 3.63) is 59.9 Å². The molecular formula is C19H23N5. The maximum absolute atomic E-state index is 4.82. The largest absolute Gasteiger partial charge is 0.373 e. The highest BCUT2D eigenvalue weighted by atomic mass is 15.3. The van der Waals surface area contributed by atoms with Crippen LogP contribution in [-0.2, 0) is 6.54 Å². The maximum atomic E-state index is 4.82. The average molecular weight is 321 g/mol. The standard InChI is InChI=1S/C19H23N5/c1-14-18(15-10-11-16(21-12-15)13-23(3)4)22-24(19(14)20-2)17-8-6-5-7-9-17/h5-12,20H,13H2,1-4H3. The number of anilines is 1. The van der Waals surface area contributed by atoms with Crippen LogP contribution in [0.2, 0.25) is 0 Å². The molecule has 0 unspecified atom stereocenters. The van der Waals surface area contributed by atoms with E-state index in [-0.39, 0.29) is 0 Å². The summed E-state index contributed by atoms with van der Waals surface area (Å²) in [4.78, 5) is 6.67. The minimum absolute atomic E-state index is 0.833. The summed E-state index contributed by atoms with van der Waals surface area (Å²) in [5, 5.41) is 8.08. The molecule has 0 fully saturated rings. The van der Waals surface area contributed by atoms with Crippen LogP contribution in [0.5, 0.6) is 0 Å². The Morgan fingerprint density at radius 1 is 1.08 bits per heavy atom. The van der Waals surface area contributed by atoms with Crippen molar-refractivity contribution in [3.8, 4) is 16.9 Å². The summed E-state index contributed by atoms with van der Waals surface area (Å²) in [6.45, 7) is 2.92. The van der Waals surface area contributed by atoms with Gasteiger partial charge in [0.2, 0.25) is 0 Å². The van der Waals surface area contributed by atoms with E-state index in [4.69, 9.17) is 5.10 Å². The Morgan fingerprint density at radius 3 is 2.42 bits per heavy atom.